The third-order valence-electron chi connectivity index (χ3n) is 7.61. The smallest absolute Gasteiger partial charge is 0.391 e. The van der Waals surface area contributed by atoms with Gasteiger partial charge in [0, 0.05) is 17.1 Å². The summed E-state index contributed by atoms with van der Waals surface area (Å²) in [5.74, 6) is 0.910. The molecule has 1 aliphatic carbocycles. The maximum atomic E-state index is 11.4. The molecule has 1 fully saturated rings. The molecule has 5 N–H and O–H groups in total. The Labute approximate surface area is 243 Å². The van der Waals surface area contributed by atoms with Gasteiger partial charge in [-0.05, 0) is 49.3 Å². The number of aromatic nitrogens is 4. The molecule has 0 bridgehead atoms. The number of fused-ring (bicyclic) bond motifs is 1. The second kappa shape index (κ2) is 12.2. The number of nitrogens with zero attached hydrogens (tertiary/aromatic N) is 4. The molecular formula is C30H34ClN7O3. The van der Waals surface area contributed by atoms with Crippen LogP contribution in [-0.2, 0) is 11.3 Å². The van der Waals surface area contributed by atoms with Crippen molar-refractivity contribution in [2.75, 3.05) is 5.32 Å². The summed E-state index contributed by atoms with van der Waals surface area (Å²) in [5.41, 5.74) is 8.22. The van der Waals surface area contributed by atoms with Crippen molar-refractivity contribution in [1.29, 1.82) is 5.41 Å². The minimum absolute atomic E-state index is 0.135. The van der Waals surface area contributed by atoms with Crippen LogP contribution in [0.1, 0.15) is 57.0 Å². The number of aliphatic hydroxyl groups is 1. The summed E-state index contributed by atoms with van der Waals surface area (Å²) in [6.45, 7) is 4.69. The zero-order valence-corrected chi connectivity index (χ0v) is 23.8. The van der Waals surface area contributed by atoms with Crippen molar-refractivity contribution in [2.24, 2.45) is 17.6 Å². The van der Waals surface area contributed by atoms with Gasteiger partial charge in [0.2, 0.25) is 11.8 Å². The van der Waals surface area contributed by atoms with Gasteiger partial charge in [-0.3, -0.25) is 5.41 Å². The Hall–Kier alpha value is -4.02. The van der Waals surface area contributed by atoms with Crippen LogP contribution in [0.3, 0.4) is 0 Å². The highest BCUT2D eigenvalue weighted by molar-refractivity contribution is 6.30. The van der Waals surface area contributed by atoms with Crippen LogP contribution in [0.4, 0.5) is 10.7 Å². The summed E-state index contributed by atoms with van der Waals surface area (Å²) in [4.78, 5) is 25.4. The Morgan fingerprint density at radius 1 is 1.15 bits per heavy atom. The van der Waals surface area contributed by atoms with E-state index in [1.807, 2.05) is 42.5 Å². The first-order valence-corrected chi connectivity index (χ1v) is 14.2. The lowest BCUT2D eigenvalue weighted by Crippen LogP contribution is -2.26. The van der Waals surface area contributed by atoms with Crippen LogP contribution >= 0.6 is 11.6 Å². The van der Waals surface area contributed by atoms with E-state index >= 15 is 0 Å². The van der Waals surface area contributed by atoms with Crippen LogP contribution in [0.25, 0.3) is 22.4 Å². The number of rotatable bonds is 8. The number of anilines is 1. The van der Waals surface area contributed by atoms with E-state index in [9.17, 15) is 9.90 Å². The van der Waals surface area contributed by atoms with Gasteiger partial charge < -0.3 is 25.5 Å². The van der Waals surface area contributed by atoms with Crippen molar-refractivity contribution in [1.82, 2.24) is 19.5 Å². The number of benzene rings is 2. The summed E-state index contributed by atoms with van der Waals surface area (Å²) < 4.78 is 6.89. The van der Waals surface area contributed by atoms with Crippen molar-refractivity contribution in [3.63, 3.8) is 0 Å². The van der Waals surface area contributed by atoms with Crippen LogP contribution in [0.2, 0.25) is 5.02 Å². The number of carbonyl (C=O) groups is 1. The molecule has 1 saturated carbocycles. The molecule has 2 aromatic heterocycles. The van der Waals surface area contributed by atoms with E-state index in [4.69, 9.17) is 32.5 Å². The van der Waals surface area contributed by atoms with Gasteiger partial charge in [-0.1, -0.05) is 73.8 Å². The molecule has 2 atom stereocenters. The van der Waals surface area contributed by atoms with Crippen LogP contribution < -0.4 is 11.1 Å². The Morgan fingerprint density at radius 2 is 1.88 bits per heavy atom. The van der Waals surface area contributed by atoms with E-state index in [1.165, 1.54) is 0 Å². The van der Waals surface area contributed by atoms with Crippen molar-refractivity contribution < 1.29 is 14.6 Å². The predicted octanol–water partition coefficient (Wildman–Crippen LogP) is 5.93. The van der Waals surface area contributed by atoms with Crippen molar-refractivity contribution in [2.45, 2.75) is 58.2 Å². The Morgan fingerprint density at radius 3 is 2.54 bits per heavy atom. The standard InChI is InChI=1S/C30H34ClN7O3/c1-17-11-13-19(14-12-17)16-38-25-24(21-9-6-10-22(31)15-21)34-28(26(32)41-29(33)40)36-27(25)37-30(38)35-23(18(2)39)20-7-4-3-5-8-20/h3-10,15,17-19,23,32,39H,11-14,16H2,1-2H3,(H2,33,40)(H,34,35,36,37)/t17?,18-,19?,23-/m0/s1. The number of imidazole rings is 1. The highest BCUT2D eigenvalue weighted by Crippen LogP contribution is 2.36. The summed E-state index contributed by atoms with van der Waals surface area (Å²) in [6, 6.07) is 16.5. The maximum absolute atomic E-state index is 11.4. The number of hydrogen-bond acceptors (Lipinski definition) is 8. The van der Waals surface area contributed by atoms with Gasteiger partial charge in [-0.15, -0.1) is 0 Å². The minimum atomic E-state index is -1.13. The zero-order chi connectivity index (χ0) is 29.1. The lowest BCUT2D eigenvalue weighted by molar-refractivity contribution is 0.171. The summed E-state index contributed by atoms with van der Waals surface area (Å²) in [7, 11) is 0. The lowest BCUT2D eigenvalue weighted by atomic mass is 9.83. The number of halogens is 1. The van der Waals surface area contributed by atoms with Gasteiger partial charge in [0.1, 0.15) is 11.2 Å². The Balaban J connectivity index is 1.70. The fraction of sp³-hybridized carbons (Fsp3) is 0.367. The average molecular weight is 576 g/mol. The second-order valence-corrected chi connectivity index (χ2v) is 11.2. The number of aliphatic hydroxyl groups excluding tert-OH is 1. The second-order valence-electron chi connectivity index (χ2n) is 10.8. The van der Waals surface area contributed by atoms with E-state index in [2.05, 4.69) is 26.8 Å². The number of hydrogen-bond donors (Lipinski definition) is 4. The fourth-order valence-corrected chi connectivity index (χ4v) is 5.65. The first kappa shape index (κ1) is 28.5. The van der Waals surface area contributed by atoms with E-state index in [-0.39, 0.29) is 5.82 Å². The van der Waals surface area contributed by atoms with E-state index < -0.39 is 24.1 Å². The number of ether oxygens (including phenoxy) is 1. The van der Waals surface area contributed by atoms with Gasteiger partial charge in [-0.25, -0.2) is 14.8 Å². The molecule has 0 aliphatic heterocycles. The van der Waals surface area contributed by atoms with Crippen molar-refractivity contribution in [3.05, 3.63) is 71.0 Å². The molecule has 0 radical (unpaired) electrons. The third kappa shape index (κ3) is 6.49. The van der Waals surface area contributed by atoms with Crippen molar-refractivity contribution >= 4 is 40.7 Å². The van der Waals surface area contributed by atoms with Crippen LogP contribution in [0.15, 0.2) is 54.6 Å². The molecule has 2 aromatic carbocycles. The molecule has 1 amide bonds. The highest BCUT2D eigenvalue weighted by atomic mass is 35.5. The average Bonchev–Trinajstić information content (AvgIpc) is 3.29. The van der Waals surface area contributed by atoms with Gasteiger partial charge >= 0.3 is 6.09 Å². The number of nitrogens with one attached hydrogen (secondary N) is 2. The first-order chi connectivity index (χ1) is 19.7. The quantitative estimate of drug-likeness (QED) is 0.150. The van der Waals surface area contributed by atoms with E-state index in [1.54, 1.807) is 19.1 Å². The SMILES string of the molecule is CC1CCC(Cn2c(N[C@H](c3ccccc3)[C@H](C)O)nc3nc(C(=N)OC(N)=O)nc(-c4cccc(Cl)c4)c32)CC1. The third-order valence-corrected chi connectivity index (χ3v) is 7.84. The van der Waals surface area contributed by atoms with E-state index in [0.29, 0.717) is 51.8 Å². The molecule has 41 heavy (non-hydrogen) atoms. The zero-order valence-electron chi connectivity index (χ0n) is 23.0. The summed E-state index contributed by atoms with van der Waals surface area (Å²) >= 11 is 6.37. The molecule has 11 heteroatoms. The van der Waals surface area contributed by atoms with Gasteiger partial charge in [-0.2, -0.15) is 4.98 Å². The fourth-order valence-electron chi connectivity index (χ4n) is 5.46. The molecule has 1 aliphatic rings. The normalized spacial score (nSPS) is 18.5. The topological polar surface area (TPSA) is 152 Å². The van der Waals surface area contributed by atoms with Crippen LogP contribution in [-0.4, -0.2) is 42.7 Å². The van der Waals surface area contributed by atoms with Gasteiger partial charge in [0.15, 0.2) is 5.65 Å². The van der Waals surface area contributed by atoms with Gasteiger partial charge in [0.05, 0.1) is 12.1 Å². The Kier molecular flexibility index (Phi) is 8.51. The van der Waals surface area contributed by atoms with Crippen LogP contribution in [0, 0.1) is 17.2 Å². The van der Waals surface area contributed by atoms with Gasteiger partial charge in [0.25, 0.3) is 5.90 Å². The molecule has 214 valence electrons. The number of primary amides is 1. The van der Waals surface area contributed by atoms with Crippen molar-refractivity contribution in [3.8, 4) is 11.3 Å². The number of nitrogens with two attached hydrogens (primary N) is 1. The molecule has 0 unspecified atom stereocenters. The molecular weight excluding hydrogens is 542 g/mol. The Bertz CT molecular complexity index is 1550. The molecule has 10 nitrogen and oxygen atoms in total. The molecule has 5 rings (SSSR count). The molecule has 0 saturated heterocycles. The summed E-state index contributed by atoms with van der Waals surface area (Å²) in [5, 5.41) is 23.0. The number of amides is 1. The highest BCUT2D eigenvalue weighted by Gasteiger charge is 2.28. The maximum Gasteiger partial charge on any atom is 0.411 e. The molecule has 2 heterocycles. The predicted molar refractivity (Wildman–Crippen MR) is 159 cm³/mol. The summed E-state index contributed by atoms with van der Waals surface area (Å²) in [6.07, 6.45) is 2.62. The first-order valence-electron chi connectivity index (χ1n) is 13.8. The molecule has 4 aromatic rings. The monoisotopic (exact) mass is 575 g/mol. The number of carbonyl (C=O) groups excluding carboxylic acids is 1. The minimum Gasteiger partial charge on any atom is -0.391 e. The molecule has 0 spiro atoms. The van der Waals surface area contributed by atoms with Crippen LogP contribution in [0.5, 0.6) is 0 Å². The van der Waals surface area contributed by atoms with E-state index in [0.717, 1.165) is 31.2 Å². The largest absolute Gasteiger partial charge is 0.411 e. The lowest BCUT2D eigenvalue weighted by Gasteiger charge is -2.28.